The molecule has 5 atom stereocenters. The van der Waals surface area contributed by atoms with E-state index < -0.39 is 97.5 Å². The molecule has 0 bridgehead atoms. The zero-order chi connectivity index (χ0) is 73.0. The number of hydrogen-bond acceptors (Lipinski definition) is 15. The summed E-state index contributed by atoms with van der Waals surface area (Å²) in [6.45, 7) is 12.0. The van der Waals surface area contributed by atoms with Crippen LogP contribution in [0, 0.1) is 17.8 Å². The molecule has 0 aromatic carbocycles. The predicted octanol–water partition coefficient (Wildman–Crippen LogP) is 23.7. The number of ether oxygens (including phenoxy) is 4. The average Bonchev–Trinajstić information content (AvgIpc) is 1.01. The molecule has 3 N–H and O–H groups in total. The van der Waals surface area contributed by atoms with E-state index in [4.69, 9.17) is 37.0 Å². The molecule has 0 rings (SSSR count). The highest BCUT2D eigenvalue weighted by Crippen LogP contribution is 2.45. The maximum Gasteiger partial charge on any atom is 0.472 e. The van der Waals surface area contributed by atoms with Crippen molar-refractivity contribution in [1.82, 2.24) is 0 Å². The molecular weight excluding hydrogens is 1290 g/mol. The van der Waals surface area contributed by atoms with Crippen molar-refractivity contribution in [3.05, 3.63) is 0 Å². The van der Waals surface area contributed by atoms with Gasteiger partial charge in [-0.05, 0) is 43.4 Å². The zero-order valence-electron chi connectivity index (χ0n) is 65.0. The van der Waals surface area contributed by atoms with Crippen LogP contribution >= 0.6 is 15.6 Å². The normalized spacial score (nSPS) is 14.0. The van der Waals surface area contributed by atoms with Gasteiger partial charge in [-0.1, -0.05) is 363 Å². The molecule has 0 aromatic heterocycles. The summed E-state index contributed by atoms with van der Waals surface area (Å²) in [7, 11) is -9.92. The Labute approximate surface area is 607 Å². The third kappa shape index (κ3) is 74.1. The van der Waals surface area contributed by atoms with Gasteiger partial charge < -0.3 is 33.8 Å². The van der Waals surface area contributed by atoms with Gasteiger partial charge in [0.25, 0.3) is 0 Å². The molecule has 0 aliphatic rings. The first-order chi connectivity index (χ1) is 47.7. The van der Waals surface area contributed by atoms with Crippen molar-refractivity contribution >= 4 is 39.5 Å². The van der Waals surface area contributed by atoms with E-state index in [0.717, 1.165) is 108 Å². The Hall–Kier alpha value is -1.94. The summed E-state index contributed by atoms with van der Waals surface area (Å²) in [6.07, 6.45) is 58.2. The molecule has 19 heteroatoms. The van der Waals surface area contributed by atoms with E-state index in [0.29, 0.717) is 25.7 Å². The molecule has 17 nitrogen and oxygen atoms in total. The molecule has 0 aliphatic carbocycles. The molecule has 0 aromatic rings. The first kappa shape index (κ1) is 97.1. The van der Waals surface area contributed by atoms with Crippen LogP contribution in [-0.4, -0.2) is 96.7 Å². The number of phosphoric ester groups is 2. The first-order valence-electron chi connectivity index (χ1n) is 41.3. The number of hydrogen-bond donors (Lipinski definition) is 3. The summed E-state index contributed by atoms with van der Waals surface area (Å²) in [5.74, 6) is 0.219. The molecule has 0 saturated carbocycles. The van der Waals surface area contributed by atoms with Gasteiger partial charge >= 0.3 is 39.5 Å². The van der Waals surface area contributed by atoms with Crippen LogP contribution in [0.1, 0.15) is 414 Å². The van der Waals surface area contributed by atoms with Gasteiger partial charge in [0.1, 0.15) is 19.3 Å². The summed E-state index contributed by atoms with van der Waals surface area (Å²) in [5, 5.41) is 10.6. The molecule has 99 heavy (non-hydrogen) atoms. The fourth-order valence-electron chi connectivity index (χ4n) is 12.3. The topological polar surface area (TPSA) is 237 Å². The van der Waals surface area contributed by atoms with Gasteiger partial charge in [0.05, 0.1) is 26.4 Å². The van der Waals surface area contributed by atoms with E-state index in [1.165, 1.54) is 225 Å². The monoisotopic (exact) mass is 1450 g/mol. The molecule has 2 unspecified atom stereocenters. The van der Waals surface area contributed by atoms with E-state index in [2.05, 4.69) is 48.5 Å². The molecule has 0 saturated heterocycles. The van der Waals surface area contributed by atoms with E-state index in [-0.39, 0.29) is 25.7 Å². The lowest BCUT2D eigenvalue weighted by atomic mass is 10.0. The second kappa shape index (κ2) is 70.4. The van der Waals surface area contributed by atoms with Crippen LogP contribution in [0.2, 0.25) is 0 Å². The van der Waals surface area contributed by atoms with Crippen molar-refractivity contribution in [3.63, 3.8) is 0 Å². The van der Waals surface area contributed by atoms with Gasteiger partial charge in [-0.15, -0.1) is 0 Å². The van der Waals surface area contributed by atoms with Crippen molar-refractivity contribution in [3.8, 4) is 0 Å². The SMILES string of the molecule is CCCCCCCCCCCCCCC(=O)OC[C@H](COP(=O)(O)OC[C@H](O)COP(=O)(O)OC[C@@H](COC(=O)CCCCCCCCCCCCC(C)C)OC(=O)CCCCCCCCCCCCCCCCCCCCC(C)C)OC(=O)CCCCCCCCCCCCC(C)C. The van der Waals surface area contributed by atoms with Crippen molar-refractivity contribution in [2.45, 2.75) is 433 Å². The Balaban J connectivity index is 5.22. The van der Waals surface area contributed by atoms with Crippen molar-refractivity contribution in [2.75, 3.05) is 39.6 Å². The van der Waals surface area contributed by atoms with Crippen LogP contribution < -0.4 is 0 Å². The van der Waals surface area contributed by atoms with E-state index >= 15 is 0 Å². The summed E-state index contributed by atoms with van der Waals surface area (Å²) in [6, 6.07) is 0. The van der Waals surface area contributed by atoms with Gasteiger partial charge in [0, 0.05) is 25.7 Å². The molecule has 0 radical (unpaired) electrons. The number of aliphatic hydroxyl groups excluding tert-OH is 1. The lowest BCUT2D eigenvalue weighted by Gasteiger charge is -2.21. The van der Waals surface area contributed by atoms with Crippen LogP contribution in [-0.2, 0) is 65.4 Å². The summed E-state index contributed by atoms with van der Waals surface area (Å²) >= 11 is 0. The van der Waals surface area contributed by atoms with E-state index in [1.54, 1.807) is 0 Å². The van der Waals surface area contributed by atoms with Crippen molar-refractivity contribution < 1.29 is 80.2 Å². The van der Waals surface area contributed by atoms with Gasteiger partial charge in [0.2, 0.25) is 0 Å². The largest absolute Gasteiger partial charge is 0.472 e. The Morgan fingerprint density at radius 1 is 0.273 bits per heavy atom. The third-order valence-corrected chi connectivity index (χ3v) is 20.5. The molecule has 0 spiro atoms. The highest BCUT2D eigenvalue weighted by molar-refractivity contribution is 7.47. The lowest BCUT2D eigenvalue weighted by molar-refractivity contribution is -0.161. The maximum absolute atomic E-state index is 13.1. The number of phosphoric acid groups is 2. The van der Waals surface area contributed by atoms with Crippen LogP contribution in [0.15, 0.2) is 0 Å². The quantitative estimate of drug-likeness (QED) is 0.0222. The van der Waals surface area contributed by atoms with Crippen LogP contribution in [0.3, 0.4) is 0 Å². The minimum atomic E-state index is -4.96. The molecule has 0 amide bonds. The Morgan fingerprint density at radius 3 is 0.687 bits per heavy atom. The van der Waals surface area contributed by atoms with Gasteiger partial charge in [-0.3, -0.25) is 37.3 Å². The number of carbonyl (C=O) groups is 4. The molecule has 0 heterocycles. The second-order valence-corrected chi connectivity index (χ2v) is 33.1. The fraction of sp³-hybridized carbons (Fsp3) is 0.950. The lowest BCUT2D eigenvalue weighted by Crippen LogP contribution is -2.30. The molecule has 0 aliphatic heterocycles. The third-order valence-electron chi connectivity index (χ3n) is 18.6. The number of esters is 4. The first-order valence-corrected chi connectivity index (χ1v) is 44.3. The zero-order valence-corrected chi connectivity index (χ0v) is 66.8. The molecule has 0 fully saturated rings. The summed E-state index contributed by atoms with van der Waals surface area (Å²) < 4.78 is 68.7. The molecule has 588 valence electrons. The summed E-state index contributed by atoms with van der Waals surface area (Å²) in [4.78, 5) is 73.0. The molecular formula is C80H156O17P2. The van der Waals surface area contributed by atoms with E-state index in [1.807, 2.05) is 0 Å². The van der Waals surface area contributed by atoms with Gasteiger partial charge in [-0.25, -0.2) is 9.13 Å². The van der Waals surface area contributed by atoms with E-state index in [9.17, 15) is 43.2 Å². The van der Waals surface area contributed by atoms with Crippen molar-refractivity contribution in [2.24, 2.45) is 17.8 Å². The highest BCUT2D eigenvalue weighted by Gasteiger charge is 2.30. The van der Waals surface area contributed by atoms with Crippen LogP contribution in [0.5, 0.6) is 0 Å². The maximum atomic E-state index is 13.1. The fourth-order valence-corrected chi connectivity index (χ4v) is 13.9. The van der Waals surface area contributed by atoms with Crippen LogP contribution in [0.25, 0.3) is 0 Å². The summed E-state index contributed by atoms with van der Waals surface area (Å²) in [5.41, 5.74) is 0. The second-order valence-electron chi connectivity index (χ2n) is 30.2. The Bertz CT molecular complexity index is 1920. The number of aliphatic hydroxyl groups is 1. The standard InChI is InChI=1S/C80H156O17P2/c1-8-9-10-11-12-13-14-24-33-40-47-54-61-77(82)90-67-76(97-80(85)64-57-50-43-36-29-27-32-39-46-53-60-73(6)7)70-95-99(88,89)93-66-74(81)65-92-98(86,87)94-69-75(68-91-78(83)62-55-48-41-34-28-26-31-38-45-52-59-72(4)5)96-79(84)63-56-49-42-35-25-22-20-18-16-15-17-19-21-23-30-37-44-51-58-71(2)3/h71-76,81H,8-70H2,1-7H3,(H,86,87)(H,88,89)/t74-,75-,76-/m1/s1. The van der Waals surface area contributed by atoms with Gasteiger partial charge in [0.15, 0.2) is 12.2 Å². The number of unbranched alkanes of at least 4 members (excludes halogenated alkanes) is 46. The average molecular weight is 1450 g/mol. The smallest absolute Gasteiger partial charge is 0.462 e. The Kier molecular flexibility index (Phi) is 69.0. The minimum Gasteiger partial charge on any atom is -0.462 e. The van der Waals surface area contributed by atoms with Crippen molar-refractivity contribution in [1.29, 1.82) is 0 Å². The number of rotatable bonds is 78. The highest BCUT2D eigenvalue weighted by atomic mass is 31.2. The number of carbonyl (C=O) groups excluding carboxylic acids is 4. The Morgan fingerprint density at radius 2 is 0.465 bits per heavy atom. The predicted molar refractivity (Wildman–Crippen MR) is 405 cm³/mol. The van der Waals surface area contributed by atoms with Crippen LogP contribution in [0.4, 0.5) is 0 Å². The van der Waals surface area contributed by atoms with Gasteiger partial charge in [-0.2, -0.15) is 0 Å². The minimum absolute atomic E-state index is 0.106.